The number of benzene rings is 2. The van der Waals surface area contributed by atoms with Crippen molar-refractivity contribution in [2.45, 2.75) is 79.2 Å². The van der Waals surface area contributed by atoms with Crippen LogP contribution in [0.1, 0.15) is 77.7 Å². The molecule has 1 amide bonds. The van der Waals surface area contributed by atoms with Gasteiger partial charge in [0, 0.05) is 24.4 Å². The number of carbonyl (C=O) groups excluding carboxylic acids is 1. The molecule has 2 unspecified atom stereocenters. The van der Waals surface area contributed by atoms with E-state index in [1.54, 1.807) is 40.9 Å². The average Bonchev–Trinajstić information content (AvgIpc) is 2.87. The summed E-state index contributed by atoms with van der Waals surface area (Å²) in [5.74, 6) is -2.98. The van der Waals surface area contributed by atoms with Crippen molar-refractivity contribution in [3.63, 3.8) is 0 Å². The fraction of sp³-hybridized carbons (Fsp3) is 0.441. The molecule has 2 atom stereocenters. The average molecular weight is 632 g/mol. The van der Waals surface area contributed by atoms with Crippen molar-refractivity contribution in [1.29, 1.82) is 0 Å². The monoisotopic (exact) mass is 631 g/mol. The van der Waals surface area contributed by atoms with Crippen LogP contribution in [0.15, 0.2) is 41.3 Å². The van der Waals surface area contributed by atoms with E-state index in [9.17, 15) is 32.7 Å². The molecule has 3 rings (SSSR count). The van der Waals surface area contributed by atoms with Gasteiger partial charge >= 0.3 is 12.1 Å². The minimum absolute atomic E-state index is 0.0449. The SMILES string of the molecule is Cc1cc(C)c(-c2cc(C)c(F)c(C(CC(=O)O)NC(=O)C(CC(C)C)n3cc(CN(C)C)c(C(F)(F)F)cc3=O)c2)c(C)c1. The molecule has 2 N–H and O–H groups in total. The lowest BCUT2D eigenvalue weighted by atomic mass is 9.89. The zero-order chi connectivity index (χ0) is 34.0. The minimum atomic E-state index is -4.79. The summed E-state index contributed by atoms with van der Waals surface area (Å²) in [7, 11) is 3.16. The van der Waals surface area contributed by atoms with Crippen LogP contribution < -0.4 is 10.9 Å². The van der Waals surface area contributed by atoms with E-state index in [2.05, 4.69) is 5.32 Å². The summed E-state index contributed by atoms with van der Waals surface area (Å²) in [4.78, 5) is 40.5. The fourth-order valence-corrected chi connectivity index (χ4v) is 5.87. The molecule has 1 aromatic heterocycles. The summed E-state index contributed by atoms with van der Waals surface area (Å²) in [6.07, 6.45) is -4.36. The Balaban J connectivity index is 2.16. The molecular weight excluding hydrogens is 590 g/mol. The van der Waals surface area contributed by atoms with Gasteiger partial charge in [0.2, 0.25) is 5.91 Å². The number of hydrogen-bond acceptors (Lipinski definition) is 4. The Morgan fingerprint density at radius 2 is 1.58 bits per heavy atom. The largest absolute Gasteiger partial charge is 0.481 e. The van der Waals surface area contributed by atoms with E-state index in [1.165, 1.54) is 11.0 Å². The molecule has 244 valence electrons. The number of aliphatic carboxylic acids is 1. The Labute approximate surface area is 260 Å². The molecule has 45 heavy (non-hydrogen) atoms. The smallest absolute Gasteiger partial charge is 0.416 e. The van der Waals surface area contributed by atoms with Crippen LogP contribution in [-0.2, 0) is 22.3 Å². The summed E-state index contributed by atoms with van der Waals surface area (Å²) in [6.45, 7) is 10.8. The molecule has 0 aliphatic heterocycles. The number of carboxylic acids is 1. The molecule has 0 fully saturated rings. The third kappa shape index (κ3) is 8.59. The normalized spacial score (nSPS) is 13.3. The summed E-state index contributed by atoms with van der Waals surface area (Å²) < 4.78 is 58.1. The second-order valence-corrected chi connectivity index (χ2v) is 12.5. The van der Waals surface area contributed by atoms with Crippen LogP contribution in [0.3, 0.4) is 0 Å². The Hall–Kier alpha value is -3.99. The molecule has 0 aliphatic carbocycles. The van der Waals surface area contributed by atoms with Gasteiger partial charge < -0.3 is 19.9 Å². The maximum Gasteiger partial charge on any atom is 0.416 e. The molecule has 0 radical (unpaired) electrons. The summed E-state index contributed by atoms with van der Waals surface area (Å²) in [5.41, 5.74) is 2.30. The summed E-state index contributed by atoms with van der Waals surface area (Å²) in [5, 5.41) is 12.4. The van der Waals surface area contributed by atoms with Crippen LogP contribution in [0.25, 0.3) is 11.1 Å². The molecule has 0 aliphatic rings. The van der Waals surface area contributed by atoms with Crippen molar-refractivity contribution >= 4 is 11.9 Å². The molecule has 3 aromatic rings. The van der Waals surface area contributed by atoms with Gasteiger partial charge in [-0.1, -0.05) is 31.5 Å². The van der Waals surface area contributed by atoms with Crippen molar-refractivity contribution < 1.29 is 32.3 Å². The van der Waals surface area contributed by atoms with Crippen LogP contribution in [-0.4, -0.2) is 40.5 Å². The first-order valence-corrected chi connectivity index (χ1v) is 14.7. The molecule has 1 heterocycles. The van der Waals surface area contributed by atoms with E-state index in [0.29, 0.717) is 11.6 Å². The van der Waals surface area contributed by atoms with Crippen LogP contribution in [0.5, 0.6) is 0 Å². The van der Waals surface area contributed by atoms with Gasteiger partial charge in [-0.2, -0.15) is 13.2 Å². The van der Waals surface area contributed by atoms with Crippen LogP contribution in [0.4, 0.5) is 17.6 Å². The third-order valence-electron chi connectivity index (χ3n) is 7.61. The number of aromatic nitrogens is 1. The zero-order valence-corrected chi connectivity index (χ0v) is 26.9. The van der Waals surface area contributed by atoms with E-state index >= 15 is 4.39 Å². The van der Waals surface area contributed by atoms with E-state index in [0.717, 1.165) is 33.0 Å². The quantitative estimate of drug-likeness (QED) is 0.225. The van der Waals surface area contributed by atoms with E-state index in [4.69, 9.17) is 0 Å². The van der Waals surface area contributed by atoms with Gasteiger partial charge in [-0.3, -0.25) is 14.4 Å². The van der Waals surface area contributed by atoms with Gasteiger partial charge in [0.15, 0.2) is 0 Å². The number of carbonyl (C=O) groups is 2. The lowest BCUT2D eigenvalue weighted by Crippen LogP contribution is -2.41. The Bertz CT molecular complexity index is 1620. The van der Waals surface area contributed by atoms with Crippen molar-refractivity contribution in [2.75, 3.05) is 14.1 Å². The van der Waals surface area contributed by atoms with Crippen LogP contribution in [0, 0.1) is 39.4 Å². The number of aryl methyl sites for hydroxylation is 4. The summed E-state index contributed by atoms with van der Waals surface area (Å²) in [6, 6.07) is 5.02. The van der Waals surface area contributed by atoms with E-state index in [-0.39, 0.29) is 35.6 Å². The number of nitrogens with one attached hydrogen (secondary N) is 1. The van der Waals surface area contributed by atoms with Crippen molar-refractivity contribution in [2.24, 2.45) is 5.92 Å². The number of amides is 1. The number of halogens is 4. The summed E-state index contributed by atoms with van der Waals surface area (Å²) >= 11 is 0. The lowest BCUT2D eigenvalue weighted by molar-refractivity contribution is -0.139. The Morgan fingerprint density at radius 1 is 0.978 bits per heavy atom. The molecule has 11 heteroatoms. The van der Waals surface area contributed by atoms with E-state index < -0.39 is 53.5 Å². The fourth-order valence-electron chi connectivity index (χ4n) is 5.87. The maximum atomic E-state index is 15.7. The minimum Gasteiger partial charge on any atom is -0.481 e. The van der Waals surface area contributed by atoms with Crippen molar-refractivity contribution in [1.82, 2.24) is 14.8 Å². The van der Waals surface area contributed by atoms with Crippen molar-refractivity contribution in [3.05, 3.63) is 91.6 Å². The third-order valence-corrected chi connectivity index (χ3v) is 7.61. The highest BCUT2D eigenvalue weighted by Crippen LogP contribution is 2.35. The number of carboxylic acid groups (broad SMARTS) is 1. The molecule has 0 saturated carbocycles. The number of pyridine rings is 1. The number of hydrogen-bond donors (Lipinski definition) is 2. The molecule has 7 nitrogen and oxygen atoms in total. The van der Waals surface area contributed by atoms with Gasteiger partial charge in [0.1, 0.15) is 11.9 Å². The predicted molar refractivity (Wildman–Crippen MR) is 166 cm³/mol. The number of rotatable bonds is 11. The van der Waals surface area contributed by atoms with Gasteiger partial charge in [-0.05, 0) is 99.6 Å². The highest BCUT2D eigenvalue weighted by molar-refractivity contribution is 5.82. The molecule has 0 spiro atoms. The Morgan fingerprint density at radius 3 is 2.09 bits per heavy atom. The number of nitrogens with zero attached hydrogens (tertiary/aromatic N) is 2. The first kappa shape index (κ1) is 35.5. The first-order chi connectivity index (χ1) is 20.8. The first-order valence-electron chi connectivity index (χ1n) is 14.7. The highest BCUT2D eigenvalue weighted by Gasteiger charge is 2.36. The number of alkyl halides is 3. The molecule has 0 bridgehead atoms. The predicted octanol–water partition coefficient (Wildman–Crippen LogP) is 6.89. The van der Waals surface area contributed by atoms with Crippen LogP contribution in [0.2, 0.25) is 0 Å². The zero-order valence-electron chi connectivity index (χ0n) is 26.9. The lowest BCUT2D eigenvalue weighted by Gasteiger charge is -2.27. The second-order valence-electron chi connectivity index (χ2n) is 12.5. The van der Waals surface area contributed by atoms with Gasteiger partial charge in [0.25, 0.3) is 5.56 Å². The second kappa shape index (κ2) is 14.0. The van der Waals surface area contributed by atoms with Gasteiger partial charge in [0.05, 0.1) is 18.0 Å². The standard InChI is InChI=1S/C34H41F4N3O4/c1-18(2)9-28(41-17-24(16-40(7)8)26(14-29(41)42)34(36,37)38)33(45)39-27(15-30(43)44)25-13-23(12-22(6)32(25)35)31-20(4)10-19(3)11-21(31)5/h10-14,17-18,27-28H,9,15-16H2,1-8H3,(H,39,45)(H,43,44). The van der Waals surface area contributed by atoms with E-state index in [1.807, 2.05) is 32.9 Å². The maximum absolute atomic E-state index is 15.7. The molecular formula is C34H41F4N3O4. The Kier molecular flexibility index (Phi) is 11.0. The van der Waals surface area contributed by atoms with Crippen LogP contribution >= 0.6 is 0 Å². The van der Waals surface area contributed by atoms with Gasteiger partial charge in [-0.25, -0.2) is 4.39 Å². The highest BCUT2D eigenvalue weighted by atomic mass is 19.4. The van der Waals surface area contributed by atoms with Crippen molar-refractivity contribution in [3.8, 4) is 11.1 Å². The molecule has 2 aromatic carbocycles. The molecule has 0 saturated heterocycles. The topological polar surface area (TPSA) is 91.6 Å². The van der Waals surface area contributed by atoms with Gasteiger partial charge in [-0.15, -0.1) is 0 Å².